The van der Waals surface area contributed by atoms with Gasteiger partial charge in [-0.2, -0.15) is 0 Å². The van der Waals surface area contributed by atoms with Crippen molar-refractivity contribution in [3.63, 3.8) is 0 Å². The highest BCUT2D eigenvalue weighted by Gasteiger charge is 2.07. The third kappa shape index (κ3) is 2.28. The summed E-state index contributed by atoms with van der Waals surface area (Å²) in [4.78, 5) is 7.28. The summed E-state index contributed by atoms with van der Waals surface area (Å²) in [6, 6.07) is 0. The number of hydrogen-bond donors (Lipinski definition) is 1. The minimum atomic E-state index is 0.0170. The van der Waals surface area contributed by atoms with Gasteiger partial charge in [0.05, 0.1) is 17.3 Å². The highest BCUT2D eigenvalue weighted by Crippen LogP contribution is 2.25. The molecule has 0 amide bonds. The van der Waals surface area contributed by atoms with Crippen molar-refractivity contribution in [2.24, 2.45) is 5.41 Å². The van der Waals surface area contributed by atoms with Crippen molar-refractivity contribution in [2.45, 2.75) is 20.8 Å². The van der Waals surface area contributed by atoms with Crippen LogP contribution in [0.4, 0.5) is 0 Å². The molecule has 0 fully saturated rings. The maximum atomic E-state index is 4.11. The van der Waals surface area contributed by atoms with Gasteiger partial charge in [-0.25, -0.2) is 0 Å². The molecule has 1 N–H and O–H groups in total. The molecule has 3 heteroatoms. The number of pyridine rings is 1. The van der Waals surface area contributed by atoms with E-state index < -0.39 is 0 Å². The number of aromatic nitrogens is 2. The molecular formula is C13H13BrN2. The van der Waals surface area contributed by atoms with E-state index in [-0.39, 0.29) is 5.41 Å². The summed E-state index contributed by atoms with van der Waals surface area (Å²) in [6.45, 7) is 6.31. The number of hydrogen-bond acceptors (Lipinski definition) is 1. The summed E-state index contributed by atoms with van der Waals surface area (Å²) in [6.07, 6.45) is 5.52. The Kier molecular flexibility index (Phi) is 2.77. The number of halogens is 1. The summed E-state index contributed by atoms with van der Waals surface area (Å²) in [5, 5.41) is 1.10. The first kappa shape index (κ1) is 11.2. The van der Waals surface area contributed by atoms with E-state index in [9.17, 15) is 0 Å². The third-order valence-corrected chi connectivity index (χ3v) is 2.71. The predicted octanol–water partition coefficient (Wildman–Crippen LogP) is 3.72. The number of nitrogens with zero attached hydrogens (tertiary/aromatic N) is 1. The Bertz CT molecular complexity index is 579. The lowest BCUT2D eigenvalue weighted by Crippen LogP contribution is -1.99. The fourth-order valence-electron chi connectivity index (χ4n) is 1.39. The van der Waals surface area contributed by atoms with Crippen LogP contribution >= 0.6 is 15.9 Å². The molecule has 0 radical (unpaired) electrons. The smallest absolute Gasteiger partial charge is 0.0664 e. The Morgan fingerprint density at radius 2 is 2.06 bits per heavy atom. The number of nitrogens with one attached hydrogen (secondary N) is 1. The summed E-state index contributed by atoms with van der Waals surface area (Å²) in [5.41, 5.74) is 2.04. The van der Waals surface area contributed by atoms with Crippen LogP contribution in [0.2, 0.25) is 0 Å². The van der Waals surface area contributed by atoms with E-state index in [1.54, 1.807) is 6.20 Å². The van der Waals surface area contributed by atoms with Gasteiger partial charge in [-0.05, 0) is 36.7 Å². The largest absolute Gasteiger partial charge is 0.359 e. The van der Waals surface area contributed by atoms with E-state index in [1.165, 1.54) is 0 Å². The molecule has 0 saturated heterocycles. The van der Waals surface area contributed by atoms with Crippen LogP contribution in [0.15, 0.2) is 23.1 Å². The van der Waals surface area contributed by atoms with Crippen LogP contribution in [0.3, 0.4) is 0 Å². The first-order valence-electron chi connectivity index (χ1n) is 5.11. The van der Waals surface area contributed by atoms with E-state index in [2.05, 4.69) is 58.5 Å². The van der Waals surface area contributed by atoms with Gasteiger partial charge < -0.3 is 4.98 Å². The van der Waals surface area contributed by atoms with Crippen molar-refractivity contribution in [2.75, 3.05) is 0 Å². The number of rotatable bonds is 0. The molecule has 0 bridgehead atoms. The molecule has 2 nitrogen and oxygen atoms in total. The Morgan fingerprint density at radius 1 is 1.31 bits per heavy atom. The van der Waals surface area contributed by atoms with Gasteiger partial charge in [-0.3, -0.25) is 4.98 Å². The maximum Gasteiger partial charge on any atom is 0.0664 e. The zero-order valence-electron chi connectivity index (χ0n) is 9.56. The van der Waals surface area contributed by atoms with Gasteiger partial charge in [0.25, 0.3) is 0 Å². The molecule has 2 aromatic heterocycles. The van der Waals surface area contributed by atoms with Crippen LogP contribution in [-0.2, 0) is 0 Å². The lowest BCUT2D eigenvalue weighted by molar-refractivity contribution is 0.571. The molecule has 0 saturated carbocycles. The highest BCUT2D eigenvalue weighted by atomic mass is 79.9. The molecule has 16 heavy (non-hydrogen) atoms. The van der Waals surface area contributed by atoms with Gasteiger partial charge in [-0.1, -0.05) is 11.8 Å². The van der Waals surface area contributed by atoms with Crippen molar-refractivity contribution in [3.05, 3.63) is 28.6 Å². The Hall–Kier alpha value is -1.27. The van der Waals surface area contributed by atoms with E-state index >= 15 is 0 Å². The second-order valence-electron chi connectivity index (χ2n) is 4.75. The van der Waals surface area contributed by atoms with Gasteiger partial charge in [0, 0.05) is 27.7 Å². The van der Waals surface area contributed by atoms with Gasteiger partial charge in [0.15, 0.2) is 0 Å². The molecule has 0 unspecified atom stereocenters. The first-order valence-corrected chi connectivity index (χ1v) is 5.90. The van der Waals surface area contributed by atoms with Gasteiger partial charge in [0.2, 0.25) is 0 Å². The highest BCUT2D eigenvalue weighted by molar-refractivity contribution is 9.10. The van der Waals surface area contributed by atoms with Crippen LogP contribution in [0.1, 0.15) is 26.3 Å². The van der Waals surface area contributed by atoms with Gasteiger partial charge in [-0.15, -0.1) is 0 Å². The van der Waals surface area contributed by atoms with Crippen LogP contribution in [-0.4, -0.2) is 9.97 Å². The second kappa shape index (κ2) is 3.95. The average Bonchev–Trinajstić information content (AvgIpc) is 2.58. The van der Waals surface area contributed by atoms with E-state index in [0.717, 1.165) is 20.9 Å². The number of H-pyrrole nitrogens is 1. The molecule has 0 spiro atoms. The molecule has 0 aromatic carbocycles. The SMILES string of the molecule is CC(C)(C)C#Cc1c[nH]c2cncc(Br)c12. The number of fused-ring (bicyclic) bond motifs is 1. The van der Waals surface area contributed by atoms with Crippen molar-refractivity contribution in [1.82, 2.24) is 9.97 Å². The molecule has 0 aliphatic rings. The summed E-state index contributed by atoms with van der Waals surface area (Å²) in [7, 11) is 0. The minimum absolute atomic E-state index is 0.0170. The Morgan fingerprint density at radius 3 is 2.75 bits per heavy atom. The van der Waals surface area contributed by atoms with Gasteiger partial charge in [0.1, 0.15) is 0 Å². The third-order valence-electron chi connectivity index (χ3n) is 2.11. The Balaban J connectivity index is 2.57. The molecule has 0 aliphatic carbocycles. The summed E-state index contributed by atoms with van der Waals surface area (Å²) >= 11 is 3.50. The molecular weight excluding hydrogens is 264 g/mol. The normalized spacial score (nSPS) is 11.2. The zero-order chi connectivity index (χ0) is 11.8. The maximum absolute atomic E-state index is 4.11. The first-order chi connectivity index (χ1) is 7.47. The quantitative estimate of drug-likeness (QED) is 0.730. The zero-order valence-corrected chi connectivity index (χ0v) is 11.1. The second-order valence-corrected chi connectivity index (χ2v) is 5.60. The van der Waals surface area contributed by atoms with Crippen molar-refractivity contribution in [1.29, 1.82) is 0 Å². The standard InChI is InChI=1S/C13H13BrN2/c1-13(2,3)5-4-9-6-16-11-8-15-7-10(14)12(9)11/h6-8,16H,1-3H3. The lowest BCUT2D eigenvalue weighted by Gasteiger charge is -2.06. The summed E-state index contributed by atoms with van der Waals surface area (Å²) in [5.74, 6) is 6.44. The van der Waals surface area contributed by atoms with E-state index in [1.807, 2.05) is 12.4 Å². The topological polar surface area (TPSA) is 28.7 Å². The van der Waals surface area contributed by atoms with Crippen molar-refractivity contribution in [3.8, 4) is 11.8 Å². The molecule has 2 rings (SSSR count). The van der Waals surface area contributed by atoms with Crippen LogP contribution in [0, 0.1) is 17.3 Å². The fraction of sp³-hybridized carbons (Fsp3) is 0.308. The van der Waals surface area contributed by atoms with Crippen LogP contribution in [0.25, 0.3) is 10.9 Å². The van der Waals surface area contributed by atoms with Crippen LogP contribution < -0.4 is 0 Å². The molecule has 0 aliphatic heterocycles. The lowest BCUT2D eigenvalue weighted by atomic mass is 9.97. The Labute approximate surface area is 104 Å². The van der Waals surface area contributed by atoms with Gasteiger partial charge >= 0.3 is 0 Å². The predicted molar refractivity (Wildman–Crippen MR) is 70.1 cm³/mol. The fourth-order valence-corrected chi connectivity index (χ4v) is 1.94. The molecule has 0 atom stereocenters. The summed E-state index contributed by atoms with van der Waals surface area (Å²) < 4.78 is 0.976. The monoisotopic (exact) mass is 276 g/mol. The van der Waals surface area contributed by atoms with Crippen molar-refractivity contribution >= 4 is 26.8 Å². The van der Waals surface area contributed by atoms with E-state index in [4.69, 9.17) is 0 Å². The number of aromatic amines is 1. The molecule has 2 heterocycles. The average molecular weight is 277 g/mol. The molecule has 82 valence electrons. The van der Waals surface area contributed by atoms with Crippen molar-refractivity contribution < 1.29 is 0 Å². The molecule has 2 aromatic rings. The minimum Gasteiger partial charge on any atom is -0.359 e. The van der Waals surface area contributed by atoms with E-state index in [0.29, 0.717) is 0 Å². The van der Waals surface area contributed by atoms with Crippen LogP contribution in [0.5, 0.6) is 0 Å².